The standard InChI is InChI=1S/C15H23N5S2/c1-5-11-6-17-13(22-11)7-18-15(16-4)19-8-14-20-12(9-21-14)10(2)3/h6,9-10H,5,7-8H2,1-4H3,(H2,16,18,19). The molecule has 22 heavy (non-hydrogen) atoms. The minimum Gasteiger partial charge on any atom is -0.350 e. The van der Waals surface area contributed by atoms with Gasteiger partial charge >= 0.3 is 0 Å². The molecule has 0 spiro atoms. The summed E-state index contributed by atoms with van der Waals surface area (Å²) in [6.07, 6.45) is 2.98. The Kier molecular flexibility index (Phi) is 6.33. The summed E-state index contributed by atoms with van der Waals surface area (Å²) in [7, 11) is 1.77. The van der Waals surface area contributed by atoms with Gasteiger partial charge in [0.05, 0.1) is 18.8 Å². The molecule has 0 saturated carbocycles. The Morgan fingerprint density at radius 3 is 2.55 bits per heavy atom. The van der Waals surface area contributed by atoms with Gasteiger partial charge in [-0.25, -0.2) is 9.97 Å². The quantitative estimate of drug-likeness (QED) is 0.628. The van der Waals surface area contributed by atoms with Gasteiger partial charge in [-0.1, -0.05) is 20.8 Å². The van der Waals surface area contributed by atoms with Gasteiger partial charge in [0.15, 0.2) is 5.96 Å². The Bertz CT molecular complexity index is 615. The summed E-state index contributed by atoms with van der Waals surface area (Å²) in [6, 6.07) is 0. The smallest absolute Gasteiger partial charge is 0.191 e. The lowest BCUT2D eigenvalue weighted by Crippen LogP contribution is -2.36. The first-order chi connectivity index (χ1) is 10.6. The average Bonchev–Trinajstić information content (AvgIpc) is 3.16. The van der Waals surface area contributed by atoms with E-state index in [9.17, 15) is 0 Å². The SMILES string of the molecule is CCc1cnc(CNC(=NC)NCc2nc(C(C)C)cs2)s1. The summed E-state index contributed by atoms with van der Waals surface area (Å²) < 4.78 is 0. The molecular formula is C15H23N5S2. The van der Waals surface area contributed by atoms with E-state index in [1.54, 1.807) is 29.7 Å². The predicted molar refractivity (Wildman–Crippen MR) is 94.7 cm³/mol. The van der Waals surface area contributed by atoms with Crippen LogP contribution in [0.15, 0.2) is 16.6 Å². The molecule has 0 unspecified atom stereocenters. The van der Waals surface area contributed by atoms with Crippen LogP contribution >= 0.6 is 22.7 Å². The molecule has 0 atom stereocenters. The van der Waals surface area contributed by atoms with Gasteiger partial charge in [0, 0.05) is 23.5 Å². The molecule has 0 aliphatic rings. The minimum absolute atomic E-state index is 0.472. The number of hydrogen-bond donors (Lipinski definition) is 2. The van der Waals surface area contributed by atoms with E-state index in [0.29, 0.717) is 19.0 Å². The third-order valence-electron chi connectivity index (χ3n) is 3.15. The van der Waals surface area contributed by atoms with E-state index < -0.39 is 0 Å². The van der Waals surface area contributed by atoms with Crippen molar-refractivity contribution in [3.05, 3.63) is 32.2 Å². The summed E-state index contributed by atoms with van der Waals surface area (Å²) in [6.45, 7) is 7.84. The average molecular weight is 338 g/mol. The molecule has 0 amide bonds. The number of aliphatic imine (C=N–C) groups is 1. The van der Waals surface area contributed by atoms with Crippen LogP contribution in [0, 0.1) is 0 Å². The zero-order valence-electron chi connectivity index (χ0n) is 13.5. The van der Waals surface area contributed by atoms with Crippen LogP contribution in [0.3, 0.4) is 0 Å². The van der Waals surface area contributed by atoms with E-state index >= 15 is 0 Å². The molecule has 2 aromatic rings. The van der Waals surface area contributed by atoms with E-state index in [2.05, 4.69) is 51.7 Å². The Labute approximate surface area is 139 Å². The molecule has 120 valence electrons. The molecule has 0 radical (unpaired) electrons. The Morgan fingerprint density at radius 2 is 2.00 bits per heavy atom. The normalized spacial score (nSPS) is 12.0. The summed E-state index contributed by atoms with van der Waals surface area (Å²) >= 11 is 3.42. The van der Waals surface area contributed by atoms with Crippen LogP contribution in [0.5, 0.6) is 0 Å². The van der Waals surface area contributed by atoms with Crippen molar-refractivity contribution in [1.29, 1.82) is 0 Å². The largest absolute Gasteiger partial charge is 0.350 e. The molecule has 0 aliphatic heterocycles. The summed E-state index contributed by atoms with van der Waals surface area (Å²) in [5.41, 5.74) is 1.15. The van der Waals surface area contributed by atoms with Crippen LogP contribution in [0.2, 0.25) is 0 Å². The maximum Gasteiger partial charge on any atom is 0.191 e. The first-order valence-electron chi connectivity index (χ1n) is 7.44. The van der Waals surface area contributed by atoms with E-state index in [1.165, 1.54) is 4.88 Å². The van der Waals surface area contributed by atoms with Gasteiger partial charge in [-0.05, 0) is 12.3 Å². The van der Waals surface area contributed by atoms with Crippen molar-refractivity contribution in [2.75, 3.05) is 7.05 Å². The zero-order chi connectivity index (χ0) is 15.9. The lowest BCUT2D eigenvalue weighted by atomic mass is 10.2. The van der Waals surface area contributed by atoms with E-state index in [1.807, 2.05) is 6.20 Å². The topological polar surface area (TPSA) is 62.2 Å². The minimum atomic E-state index is 0.472. The molecular weight excluding hydrogens is 314 g/mol. The van der Waals surface area contributed by atoms with Crippen LogP contribution in [0.4, 0.5) is 0 Å². The molecule has 0 bridgehead atoms. The third-order valence-corrected chi connectivity index (χ3v) is 5.16. The van der Waals surface area contributed by atoms with E-state index in [0.717, 1.165) is 28.1 Å². The van der Waals surface area contributed by atoms with Crippen LogP contribution < -0.4 is 10.6 Å². The number of nitrogens with zero attached hydrogens (tertiary/aromatic N) is 3. The van der Waals surface area contributed by atoms with Gasteiger partial charge in [0.25, 0.3) is 0 Å². The first-order valence-corrected chi connectivity index (χ1v) is 9.14. The molecule has 2 N–H and O–H groups in total. The summed E-state index contributed by atoms with van der Waals surface area (Å²) in [5.74, 6) is 1.25. The van der Waals surface area contributed by atoms with Crippen molar-refractivity contribution >= 4 is 28.6 Å². The van der Waals surface area contributed by atoms with Crippen molar-refractivity contribution in [2.24, 2.45) is 4.99 Å². The molecule has 0 fully saturated rings. The number of nitrogens with one attached hydrogen (secondary N) is 2. The number of aryl methyl sites for hydroxylation is 1. The third kappa shape index (κ3) is 4.78. The molecule has 0 aliphatic carbocycles. The fraction of sp³-hybridized carbons (Fsp3) is 0.533. The van der Waals surface area contributed by atoms with Gasteiger partial charge < -0.3 is 10.6 Å². The molecule has 2 aromatic heterocycles. The molecule has 2 heterocycles. The van der Waals surface area contributed by atoms with Crippen LogP contribution in [0.25, 0.3) is 0 Å². The number of thiazole rings is 2. The monoisotopic (exact) mass is 337 g/mol. The molecule has 0 saturated heterocycles. The van der Waals surface area contributed by atoms with Crippen molar-refractivity contribution in [2.45, 2.75) is 46.2 Å². The maximum atomic E-state index is 4.61. The van der Waals surface area contributed by atoms with Gasteiger partial charge in [-0.2, -0.15) is 0 Å². The number of rotatable bonds is 6. The highest BCUT2D eigenvalue weighted by Crippen LogP contribution is 2.17. The second-order valence-corrected chi connectivity index (χ2v) is 7.32. The molecule has 2 rings (SSSR count). The zero-order valence-corrected chi connectivity index (χ0v) is 15.1. The second kappa shape index (κ2) is 8.24. The summed E-state index contributed by atoms with van der Waals surface area (Å²) in [5, 5.41) is 10.9. The first kappa shape index (κ1) is 16.9. The number of aromatic nitrogens is 2. The Morgan fingerprint density at radius 1 is 1.27 bits per heavy atom. The van der Waals surface area contributed by atoms with Gasteiger partial charge in [0.2, 0.25) is 0 Å². The summed E-state index contributed by atoms with van der Waals surface area (Å²) in [4.78, 5) is 14.6. The highest BCUT2D eigenvalue weighted by Gasteiger charge is 2.07. The van der Waals surface area contributed by atoms with Gasteiger partial charge in [-0.3, -0.25) is 4.99 Å². The lowest BCUT2D eigenvalue weighted by molar-refractivity contribution is 0.783. The highest BCUT2D eigenvalue weighted by molar-refractivity contribution is 7.11. The van der Waals surface area contributed by atoms with Crippen LogP contribution in [0.1, 0.15) is 47.3 Å². The fourth-order valence-corrected chi connectivity index (χ4v) is 3.50. The van der Waals surface area contributed by atoms with Gasteiger partial charge in [0.1, 0.15) is 10.0 Å². The predicted octanol–water partition coefficient (Wildman–Crippen LogP) is 3.15. The van der Waals surface area contributed by atoms with Crippen LogP contribution in [-0.2, 0) is 19.5 Å². The Hall–Kier alpha value is -1.47. The number of guanidine groups is 1. The number of hydrogen-bond acceptors (Lipinski definition) is 5. The Balaban J connectivity index is 1.81. The van der Waals surface area contributed by atoms with Crippen molar-refractivity contribution < 1.29 is 0 Å². The fourth-order valence-electron chi connectivity index (χ4n) is 1.80. The molecule has 0 aromatic carbocycles. The second-order valence-electron chi connectivity index (χ2n) is 5.17. The maximum absolute atomic E-state index is 4.61. The van der Waals surface area contributed by atoms with E-state index in [-0.39, 0.29) is 0 Å². The van der Waals surface area contributed by atoms with Crippen molar-refractivity contribution in [3.63, 3.8) is 0 Å². The molecule has 7 heteroatoms. The molecule has 5 nitrogen and oxygen atoms in total. The van der Waals surface area contributed by atoms with Crippen molar-refractivity contribution in [1.82, 2.24) is 20.6 Å². The van der Waals surface area contributed by atoms with Crippen molar-refractivity contribution in [3.8, 4) is 0 Å². The van der Waals surface area contributed by atoms with E-state index in [4.69, 9.17) is 0 Å². The van der Waals surface area contributed by atoms with Crippen LogP contribution in [-0.4, -0.2) is 23.0 Å². The lowest BCUT2D eigenvalue weighted by Gasteiger charge is -2.09. The van der Waals surface area contributed by atoms with Gasteiger partial charge in [-0.15, -0.1) is 22.7 Å². The highest BCUT2D eigenvalue weighted by atomic mass is 32.1.